The number of rotatable bonds is 3. The van der Waals surface area contributed by atoms with Crippen molar-refractivity contribution in [1.29, 1.82) is 0 Å². The fourth-order valence-electron chi connectivity index (χ4n) is 9.46. The highest BCUT2D eigenvalue weighted by Crippen LogP contribution is 2.44. The van der Waals surface area contributed by atoms with E-state index in [1.807, 2.05) is 36.4 Å². The average molecular weight is 727 g/mol. The van der Waals surface area contributed by atoms with Gasteiger partial charge >= 0.3 is 0 Å². The fraction of sp³-hybridized carbons (Fsp3) is 0. The lowest BCUT2D eigenvalue weighted by Gasteiger charge is -2.15. The minimum atomic E-state index is 0.776. The zero-order chi connectivity index (χ0) is 37.2. The highest BCUT2D eigenvalue weighted by molar-refractivity contribution is 6.24. The number of hydrogen-bond acceptors (Lipinski definition) is 3. The molecule has 0 N–H and O–H groups in total. The molecule has 5 heteroatoms. The van der Waals surface area contributed by atoms with Crippen LogP contribution in [0.3, 0.4) is 0 Å². The highest BCUT2D eigenvalue weighted by atomic mass is 16.3. The van der Waals surface area contributed by atoms with E-state index in [9.17, 15) is 0 Å². The van der Waals surface area contributed by atoms with E-state index in [4.69, 9.17) is 14.4 Å². The molecule has 264 valence electrons. The maximum absolute atomic E-state index is 6.40. The van der Waals surface area contributed by atoms with Gasteiger partial charge in [0.05, 0.1) is 33.1 Å². The van der Waals surface area contributed by atoms with Crippen molar-refractivity contribution in [2.75, 3.05) is 0 Å². The van der Waals surface area contributed by atoms with Gasteiger partial charge in [0.2, 0.25) is 0 Å². The van der Waals surface area contributed by atoms with Crippen LogP contribution in [0, 0.1) is 0 Å². The zero-order valence-electron chi connectivity index (χ0n) is 30.5. The van der Waals surface area contributed by atoms with Gasteiger partial charge in [0.1, 0.15) is 16.9 Å². The molecule has 0 aliphatic rings. The summed E-state index contributed by atoms with van der Waals surface area (Å²) in [6.45, 7) is 0. The summed E-state index contributed by atoms with van der Waals surface area (Å²) in [5.41, 5.74) is 10.7. The molecule has 5 nitrogen and oxygen atoms in total. The van der Waals surface area contributed by atoms with Crippen molar-refractivity contribution in [2.45, 2.75) is 0 Å². The zero-order valence-corrected chi connectivity index (χ0v) is 30.5. The molecule has 4 heterocycles. The Balaban J connectivity index is 1.17. The Hall–Kier alpha value is -7.76. The highest BCUT2D eigenvalue weighted by Gasteiger charge is 2.24. The second-order valence-electron chi connectivity index (χ2n) is 14.9. The smallest absolute Gasteiger partial charge is 0.165 e. The maximum Gasteiger partial charge on any atom is 0.165 e. The third kappa shape index (κ3) is 4.23. The lowest BCUT2D eigenvalue weighted by atomic mass is 10.0. The van der Waals surface area contributed by atoms with Crippen molar-refractivity contribution in [3.8, 4) is 22.8 Å². The molecular weight excluding hydrogens is 697 g/mol. The van der Waals surface area contributed by atoms with Crippen molar-refractivity contribution >= 4 is 98.1 Å². The van der Waals surface area contributed by atoms with Crippen molar-refractivity contribution in [2.24, 2.45) is 0 Å². The van der Waals surface area contributed by atoms with Gasteiger partial charge in [-0.2, -0.15) is 0 Å². The Bertz CT molecular complexity index is 3830. The van der Waals surface area contributed by atoms with Gasteiger partial charge in [-0.05, 0) is 82.2 Å². The van der Waals surface area contributed by atoms with Crippen LogP contribution in [0.2, 0.25) is 0 Å². The van der Waals surface area contributed by atoms with E-state index in [0.29, 0.717) is 0 Å². The predicted molar refractivity (Wildman–Crippen MR) is 236 cm³/mol. The molecule has 4 aromatic heterocycles. The van der Waals surface area contributed by atoms with E-state index >= 15 is 0 Å². The van der Waals surface area contributed by atoms with Gasteiger partial charge in [-0.3, -0.25) is 4.57 Å². The van der Waals surface area contributed by atoms with Crippen LogP contribution < -0.4 is 0 Å². The fourth-order valence-corrected chi connectivity index (χ4v) is 9.46. The summed E-state index contributed by atoms with van der Waals surface area (Å²) in [4.78, 5) is 10.9. The molecule has 9 aromatic carbocycles. The van der Waals surface area contributed by atoms with Crippen LogP contribution in [0.5, 0.6) is 0 Å². The van der Waals surface area contributed by atoms with E-state index in [1.165, 1.54) is 48.7 Å². The van der Waals surface area contributed by atoms with E-state index < -0.39 is 0 Å². The Morgan fingerprint density at radius 2 is 0.947 bits per heavy atom. The summed E-state index contributed by atoms with van der Waals surface area (Å²) in [5, 5.41) is 11.8. The summed E-state index contributed by atoms with van der Waals surface area (Å²) in [5.74, 6) is 0.776. The number of benzene rings is 9. The Morgan fingerprint density at radius 1 is 0.368 bits per heavy atom. The van der Waals surface area contributed by atoms with Crippen molar-refractivity contribution in [3.63, 3.8) is 0 Å². The minimum absolute atomic E-state index is 0.776. The number of aromatic nitrogens is 4. The van der Waals surface area contributed by atoms with Crippen LogP contribution in [0.1, 0.15) is 0 Å². The molecule has 13 aromatic rings. The summed E-state index contributed by atoms with van der Waals surface area (Å²) in [6, 6.07) is 64.7. The predicted octanol–water partition coefficient (Wildman–Crippen LogP) is 13.7. The van der Waals surface area contributed by atoms with E-state index in [1.54, 1.807) is 0 Å². The number of nitrogens with zero attached hydrogens (tertiary/aromatic N) is 4. The number of fused-ring (bicyclic) bond motifs is 14. The molecule has 13 rings (SSSR count). The molecule has 0 aliphatic heterocycles. The third-order valence-corrected chi connectivity index (χ3v) is 11.9. The molecule has 0 radical (unpaired) electrons. The molecule has 0 unspecified atom stereocenters. The Morgan fingerprint density at radius 3 is 1.74 bits per heavy atom. The Labute approximate surface area is 325 Å². The van der Waals surface area contributed by atoms with Gasteiger partial charge in [0.15, 0.2) is 5.82 Å². The summed E-state index contributed by atoms with van der Waals surface area (Å²) in [7, 11) is 0. The first kappa shape index (κ1) is 30.6. The summed E-state index contributed by atoms with van der Waals surface area (Å²) >= 11 is 0. The van der Waals surface area contributed by atoms with E-state index in [-0.39, 0.29) is 0 Å². The molecule has 0 fully saturated rings. The van der Waals surface area contributed by atoms with Gasteiger partial charge < -0.3 is 8.98 Å². The van der Waals surface area contributed by atoms with E-state index in [2.05, 4.69) is 155 Å². The standard InChI is InChI=1S/C52H30N4O/c1-3-14-34-31(12-1)24-27-44-48(34)36-16-5-9-21-42(36)55(44)33-26-29-43-39(30-33)49-35-15-4-2-13-32(35)25-28-45(49)56(43)52-51(53-40-19-7-8-20-41(40)54-52)38-18-11-23-47-50(38)37-17-6-10-22-46(37)57-47/h1-30H. The molecule has 57 heavy (non-hydrogen) atoms. The molecule has 0 saturated heterocycles. The molecular formula is C52H30N4O. The summed E-state index contributed by atoms with van der Waals surface area (Å²) < 4.78 is 11.2. The van der Waals surface area contributed by atoms with Crippen LogP contribution in [0.15, 0.2) is 186 Å². The third-order valence-electron chi connectivity index (χ3n) is 11.9. The molecule has 0 amide bonds. The van der Waals surface area contributed by atoms with Gasteiger partial charge in [-0.15, -0.1) is 0 Å². The topological polar surface area (TPSA) is 48.8 Å². The number of para-hydroxylation sites is 4. The quantitative estimate of drug-likeness (QED) is 0.182. The molecule has 0 spiro atoms. The van der Waals surface area contributed by atoms with Crippen molar-refractivity contribution in [1.82, 2.24) is 19.1 Å². The monoisotopic (exact) mass is 726 g/mol. The lowest BCUT2D eigenvalue weighted by Crippen LogP contribution is -2.04. The first-order valence-corrected chi connectivity index (χ1v) is 19.3. The van der Waals surface area contributed by atoms with Crippen LogP contribution >= 0.6 is 0 Å². The van der Waals surface area contributed by atoms with Crippen molar-refractivity contribution in [3.05, 3.63) is 182 Å². The van der Waals surface area contributed by atoms with Crippen molar-refractivity contribution < 1.29 is 4.42 Å². The van der Waals surface area contributed by atoms with Gasteiger partial charge in [-0.25, -0.2) is 9.97 Å². The van der Waals surface area contributed by atoms with Gasteiger partial charge in [0, 0.05) is 43.6 Å². The van der Waals surface area contributed by atoms with Crippen LogP contribution in [0.4, 0.5) is 0 Å². The molecule has 0 bridgehead atoms. The first-order valence-electron chi connectivity index (χ1n) is 19.3. The van der Waals surface area contributed by atoms with Crippen LogP contribution in [-0.4, -0.2) is 19.1 Å². The summed E-state index contributed by atoms with van der Waals surface area (Å²) in [6.07, 6.45) is 0. The van der Waals surface area contributed by atoms with Crippen LogP contribution in [0.25, 0.3) is 121 Å². The minimum Gasteiger partial charge on any atom is -0.456 e. The second-order valence-corrected chi connectivity index (χ2v) is 14.9. The average Bonchev–Trinajstić information content (AvgIpc) is 3.93. The van der Waals surface area contributed by atoms with Crippen LogP contribution in [-0.2, 0) is 0 Å². The maximum atomic E-state index is 6.40. The second kappa shape index (κ2) is 11.4. The largest absolute Gasteiger partial charge is 0.456 e. The van der Waals surface area contributed by atoms with E-state index in [0.717, 1.165) is 72.2 Å². The number of hydrogen-bond donors (Lipinski definition) is 0. The van der Waals surface area contributed by atoms with Gasteiger partial charge in [-0.1, -0.05) is 121 Å². The molecule has 0 atom stereocenters. The Kier molecular flexibility index (Phi) is 6.10. The normalized spacial score (nSPS) is 12.2. The lowest BCUT2D eigenvalue weighted by molar-refractivity contribution is 0.669. The van der Waals surface area contributed by atoms with Gasteiger partial charge in [0.25, 0.3) is 0 Å². The SMILES string of the molecule is c1ccc2c(c1)ccc1c2c2ccccc2n1-c1ccc2c(c1)c1c3ccccc3ccc1n2-c1nc2ccccc2nc1-c1cccc2oc3ccccc3c12. The molecule has 0 saturated carbocycles. The number of furan rings is 1. The molecule has 0 aliphatic carbocycles. The first-order chi connectivity index (χ1) is 28.3.